The highest BCUT2D eigenvalue weighted by Crippen LogP contribution is 2.41. The molecule has 0 spiro atoms. The van der Waals surface area contributed by atoms with Crippen molar-refractivity contribution >= 4 is 0 Å². The Kier molecular flexibility index (Phi) is 3.49. The quantitative estimate of drug-likeness (QED) is 0.615. The zero-order valence-corrected chi connectivity index (χ0v) is 12.8. The summed E-state index contributed by atoms with van der Waals surface area (Å²) >= 11 is 0. The number of hydrogen-bond acceptors (Lipinski definition) is 0. The molecule has 1 rings (SSSR count). The molecule has 0 amide bonds. The Balaban J connectivity index is 3.26. The van der Waals surface area contributed by atoms with Crippen molar-refractivity contribution in [3.05, 3.63) is 35.4 Å². The molecule has 0 saturated carbocycles. The Morgan fingerprint density at radius 2 is 1.18 bits per heavy atom. The molecule has 0 aliphatic carbocycles. The molecule has 0 aliphatic heterocycles. The third-order valence-corrected chi connectivity index (χ3v) is 4.33. The second kappa shape index (κ2) is 4.15. The van der Waals surface area contributed by atoms with Gasteiger partial charge in [0.05, 0.1) is 0 Å². The summed E-state index contributed by atoms with van der Waals surface area (Å²) in [5.41, 5.74) is 3.55. The molecule has 0 heteroatoms. The summed E-state index contributed by atoms with van der Waals surface area (Å²) in [4.78, 5) is 0. The molecule has 0 atom stereocenters. The number of hydrogen-bond donors (Lipinski definition) is 0. The van der Waals surface area contributed by atoms with Crippen LogP contribution in [0, 0.1) is 5.41 Å². The highest BCUT2D eigenvalue weighted by atomic mass is 14.4. The Bertz CT molecular complexity index is 383. The summed E-state index contributed by atoms with van der Waals surface area (Å²) < 4.78 is 0. The number of rotatable bonds is 1. The summed E-state index contributed by atoms with van der Waals surface area (Å²) in [6, 6.07) is 9.08. The molecule has 0 heterocycles. The molecule has 0 aromatic heterocycles. The maximum absolute atomic E-state index is 2.38. The van der Waals surface area contributed by atoms with E-state index in [0.29, 0.717) is 0 Å². The second-order valence-electron chi connectivity index (χ2n) is 7.71. The first-order chi connectivity index (χ1) is 7.46. The fourth-order valence-electron chi connectivity index (χ4n) is 1.81. The van der Waals surface area contributed by atoms with Crippen LogP contribution in [0.2, 0.25) is 0 Å². The van der Waals surface area contributed by atoms with Crippen LogP contribution in [0.1, 0.15) is 66.5 Å². The van der Waals surface area contributed by atoms with Gasteiger partial charge in [-0.1, -0.05) is 79.7 Å². The zero-order valence-electron chi connectivity index (χ0n) is 12.8. The molecule has 0 bridgehead atoms. The van der Waals surface area contributed by atoms with Crippen molar-refractivity contribution in [2.45, 2.75) is 66.2 Å². The topological polar surface area (TPSA) is 0 Å². The largest absolute Gasteiger partial charge is 0.0617 e. The van der Waals surface area contributed by atoms with E-state index in [1.54, 1.807) is 0 Å². The van der Waals surface area contributed by atoms with E-state index in [0.717, 1.165) is 0 Å². The van der Waals surface area contributed by atoms with E-state index in [2.05, 4.69) is 79.7 Å². The SMILES string of the molecule is CC(C)(C)c1cccc(C(C)(C)C(C)(C)C)c1. The Labute approximate surface area is 107 Å². The molecule has 1 aromatic rings. The van der Waals surface area contributed by atoms with Gasteiger partial charge in [0.2, 0.25) is 0 Å². The number of benzene rings is 1. The molecular weight excluding hydrogens is 204 g/mol. The van der Waals surface area contributed by atoms with Crippen molar-refractivity contribution in [2.75, 3.05) is 0 Å². The average Bonchev–Trinajstić information content (AvgIpc) is 2.15. The van der Waals surface area contributed by atoms with Crippen LogP contribution in [-0.4, -0.2) is 0 Å². The second-order valence-corrected chi connectivity index (χ2v) is 7.71. The van der Waals surface area contributed by atoms with Crippen LogP contribution in [-0.2, 0) is 10.8 Å². The van der Waals surface area contributed by atoms with Crippen LogP contribution >= 0.6 is 0 Å². The fraction of sp³-hybridized carbons (Fsp3) is 0.647. The Hall–Kier alpha value is -0.780. The van der Waals surface area contributed by atoms with E-state index in [1.807, 2.05) is 0 Å². The van der Waals surface area contributed by atoms with Crippen molar-refractivity contribution in [1.29, 1.82) is 0 Å². The molecule has 0 radical (unpaired) electrons. The highest BCUT2D eigenvalue weighted by Gasteiger charge is 2.34. The molecule has 0 nitrogen and oxygen atoms in total. The molecule has 17 heavy (non-hydrogen) atoms. The first-order valence-corrected chi connectivity index (χ1v) is 6.57. The molecule has 0 fully saturated rings. The molecule has 0 aliphatic rings. The van der Waals surface area contributed by atoms with E-state index >= 15 is 0 Å². The molecule has 0 N–H and O–H groups in total. The van der Waals surface area contributed by atoms with Gasteiger partial charge in [0.25, 0.3) is 0 Å². The van der Waals surface area contributed by atoms with Crippen LogP contribution in [0.25, 0.3) is 0 Å². The van der Waals surface area contributed by atoms with Gasteiger partial charge in [-0.3, -0.25) is 0 Å². The third-order valence-electron chi connectivity index (χ3n) is 4.33. The highest BCUT2D eigenvalue weighted by molar-refractivity contribution is 5.34. The minimum atomic E-state index is 0.189. The van der Waals surface area contributed by atoms with Crippen molar-refractivity contribution in [2.24, 2.45) is 5.41 Å². The minimum absolute atomic E-state index is 0.189. The van der Waals surface area contributed by atoms with Crippen LogP contribution in [0.4, 0.5) is 0 Å². The Morgan fingerprint density at radius 3 is 1.59 bits per heavy atom. The first kappa shape index (κ1) is 14.3. The van der Waals surface area contributed by atoms with Gasteiger partial charge in [0, 0.05) is 0 Å². The lowest BCUT2D eigenvalue weighted by atomic mass is 9.65. The van der Waals surface area contributed by atoms with E-state index in [-0.39, 0.29) is 16.2 Å². The van der Waals surface area contributed by atoms with Gasteiger partial charge in [-0.25, -0.2) is 0 Å². The monoisotopic (exact) mass is 232 g/mol. The summed E-state index contributed by atoms with van der Waals surface area (Å²) in [5.74, 6) is 0. The predicted octanol–water partition coefficient (Wildman–Crippen LogP) is 5.31. The van der Waals surface area contributed by atoms with Crippen LogP contribution in [0.5, 0.6) is 0 Å². The van der Waals surface area contributed by atoms with Gasteiger partial charge >= 0.3 is 0 Å². The van der Waals surface area contributed by atoms with Crippen LogP contribution in [0.3, 0.4) is 0 Å². The van der Waals surface area contributed by atoms with E-state index in [4.69, 9.17) is 0 Å². The van der Waals surface area contributed by atoms with Gasteiger partial charge in [0.15, 0.2) is 0 Å². The fourth-order valence-corrected chi connectivity index (χ4v) is 1.81. The van der Waals surface area contributed by atoms with E-state index in [1.165, 1.54) is 11.1 Å². The molecular formula is C17H28. The van der Waals surface area contributed by atoms with Crippen molar-refractivity contribution in [3.63, 3.8) is 0 Å². The van der Waals surface area contributed by atoms with E-state index < -0.39 is 0 Å². The normalized spacial score (nSPS) is 13.9. The summed E-state index contributed by atoms with van der Waals surface area (Å²) in [7, 11) is 0. The van der Waals surface area contributed by atoms with Crippen molar-refractivity contribution in [3.8, 4) is 0 Å². The van der Waals surface area contributed by atoms with Crippen molar-refractivity contribution < 1.29 is 0 Å². The standard InChI is InChI=1S/C17H28/c1-15(2,3)13-10-9-11-14(12-13)17(7,8)16(4,5)6/h9-12H,1-8H3. The van der Waals surface area contributed by atoms with Crippen LogP contribution in [0.15, 0.2) is 24.3 Å². The first-order valence-electron chi connectivity index (χ1n) is 6.57. The van der Waals surface area contributed by atoms with Gasteiger partial charge in [-0.2, -0.15) is 0 Å². The third kappa shape index (κ3) is 2.91. The summed E-state index contributed by atoms with van der Waals surface area (Å²) in [6.07, 6.45) is 0. The van der Waals surface area contributed by atoms with Gasteiger partial charge < -0.3 is 0 Å². The summed E-state index contributed by atoms with van der Waals surface area (Å²) in [5, 5.41) is 0. The lowest BCUT2D eigenvalue weighted by molar-refractivity contribution is 0.225. The predicted molar refractivity (Wildman–Crippen MR) is 77.6 cm³/mol. The van der Waals surface area contributed by atoms with Gasteiger partial charge in [-0.15, -0.1) is 0 Å². The lowest BCUT2D eigenvalue weighted by Crippen LogP contribution is -2.34. The molecule has 0 unspecified atom stereocenters. The van der Waals surface area contributed by atoms with Gasteiger partial charge in [-0.05, 0) is 27.4 Å². The maximum atomic E-state index is 2.38. The average molecular weight is 232 g/mol. The smallest absolute Gasteiger partial charge is 0.00550 e. The van der Waals surface area contributed by atoms with E-state index in [9.17, 15) is 0 Å². The maximum Gasteiger partial charge on any atom is -0.00550 e. The minimum Gasteiger partial charge on any atom is -0.0617 e. The molecule has 96 valence electrons. The summed E-state index contributed by atoms with van der Waals surface area (Å²) in [6.45, 7) is 18.5. The Morgan fingerprint density at radius 1 is 0.706 bits per heavy atom. The molecule has 1 aromatic carbocycles. The van der Waals surface area contributed by atoms with Gasteiger partial charge in [0.1, 0.15) is 0 Å². The molecule has 0 saturated heterocycles. The van der Waals surface area contributed by atoms with Crippen LogP contribution < -0.4 is 0 Å². The zero-order chi connectivity index (χ0) is 13.5. The van der Waals surface area contributed by atoms with Crippen molar-refractivity contribution in [1.82, 2.24) is 0 Å². The lowest BCUT2D eigenvalue weighted by Gasteiger charge is -2.40.